The van der Waals surface area contributed by atoms with Gasteiger partial charge in [0.05, 0.1) is 24.0 Å². The van der Waals surface area contributed by atoms with Gasteiger partial charge in [-0.25, -0.2) is 9.50 Å². The van der Waals surface area contributed by atoms with Crippen molar-refractivity contribution < 1.29 is 4.79 Å². The summed E-state index contributed by atoms with van der Waals surface area (Å²) in [6.45, 7) is 0. The van der Waals surface area contributed by atoms with Gasteiger partial charge in [-0.2, -0.15) is 5.10 Å². The maximum absolute atomic E-state index is 11.6. The molecule has 1 amide bonds. The summed E-state index contributed by atoms with van der Waals surface area (Å²) in [5.74, 6) is 0.0368. The van der Waals surface area contributed by atoms with E-state index in [2.05, 4.69) is 10.3 Å². The van der Waals surface area contributed by atoms with E-state index >= 15 is 0 Å². The second kappa shape index (κ2) is 5.27. The Bertz CT molecular complexity index is 1120. The minimum atomic E-state index is 0.0368. The first-order valence-electron chi connectivity index (χ1n) is 8.11. The van der Waals surface area contributed by atoms with Gasteiger partial charge >= 0.3 is 0 Å². The van der Waals surface area contributed by atoms with Crippen molar-refractivity contribution in [3.63, 3.8) is 0 Å². The molecule has 0 aliphatic carbocycles. The smallest absolute Gasteiger partial charge is 0.228 e. The highest BCUT2D eigenvalue weighted by Crippen LogP contribution is 2.29. The molecule has 1 N–H and O–H groups in total. The first kappa shape index (κ1) is 13.9. The van der Waals surface area contributed by atoms with Crippen LogP contribution < -0.4 is 5.32 Å². The Balaban J connectivity index is 1.65. The number of carbonyl (C=O) groups excluding carboxylic acids is 1. The number of nitrogens with one attached hydrogen (secondary N) is 1. The number of rotatable bonds is 2. The lowest BCUT2D eigenvalue weighted by Gasteiger charge is -2.06. The number of imidazole rings is 1. The molecule has 3 heterocycles. The van der Waals surface area contributed by atoms with Gasteiger partial charge in [-0.05, 0) is 29.8 Å². The van der Waals surface area contributed by atoms with Gasteiger partial charge in [0.2, 0.25) is 5.91 Å². The monoisotopic (exact) mass is 326 g/mol. The average Bonchev–Trinajstić information content (AvgIpc) is 3.23. The number of nitrogens with zero attached hydrogens (tertiary/aromatic N) is 3. The Morgan fingerprint density at radius 2 is 1.84 bits per heavy atom. The molecule has 0 radical (unpaired) electrons. The molecule has 4 aromatic rings. The summed E-state index contributed by atoms with van der Waals surface area (Å²) >= 11 is 0. The highest BCUT2D eigenvalue weighted by Gasteiger charge is 2.19. The van der Waals surface area contributed by atoms with E-state index in [4.69, 9.17) is 5.10 Å². The van der Waals surface area contributed by atoms with Gasteiger partial charge in [0.15, 0.2) is 5.65 Å². The van der Waals surface area contributed by atoms with Crippen LogP contribution in [0.3, 0.4) is 0 Å². The average molecular weight is 326 g/mol. The third-order valence-corrected chi connectivity index (χ3v) is 4.46. The van der Waals surface area contributed by atoms with Crippen molar-refractivity contribution in [2.45, 2.75) is 6.42 Å². The minimum Gasteiger partial charge on any atom is -0.326 e. The van der Waals surface area contributed by atoms with E-state index in [9.17, 15) is 4.79 Å². The summed E-state index contributed by atoms with van der Waals surface area (Å²) in [7, 11) is 0. The maximum atomic E-state index is 11.6. The Labute approximate surface area is 144 Å². The fourth-order valence-corrected chi connectivity index (χ4v) is 3.22. The quantitative estimate of drug-likeness (QED) is 0.613. The molecule has 5 rings (SSSR count). The van der Waals surface area contributed by atoms with Crippen molar-refractivity contribution in [3.05, 3.63) is 72.4 Å². The zero-order valence-electron chi connectivity index (χ0n) is 13.3. The number of hydrogen-bond donors (Lipinski definition) is 1. The molecule has 25 heavy (non-hydrogen) atoms. The molecular formula is C20H14N4O. The number of benzene rings is 2. The van der Waals surface area contributed by atoms with E-state index in [-0.39, 0.29) is 5.91 Å². The predicted molar refractivity (Wildman–Crippen MR) is 96.2 cm³/mol. The lowest BCUT2D eigenvalue weighted by Crippen LogP contribution is -2.03. The van der Waals surface area contributed by atoms with Crippen LogP contribution in [0.25, 0.3) is 28.2 Å². The van der Waals surface area contributed by atoms with E-state index in [1.54, 1.807) is 0 Å². The molecule has 5 nitrogen and oxygen atoms in total. The van der Waals surface area contributed by atoms with Crippen LogP contribution in [0.2, 0.25) is 0 Å². The number of carbonyl (C=O) groups is 1. The zero-order chi connectivity index (χ0) is 16.8. The van der Waals surface area contributed by atoms with Crippen LogP contribution in [0.15, 0.2) is 66.9 Å². The molecule has 0 saturated heterocycles. The lowest BCUT2D eigenvalue weighted by molar-refractivity contribution is -0.115. The van der Waals surface area contributed by atoms with Crippen LogP contribution in [0, 0.1) is 0 Å². The molecular weight excluding hydrogens is 312 g/mol. The van der Waals surface area contributed by atoms with Crippen molar-refractivity contribution in [2.75, 3.05) is 5.32 Å². The molecule has 120 valence electrons. The first-order chi connectivity index (χ1) is 12.3. The minimum absolute atomic E-state index is 0.0368. The fourth-order valence-electron chi connectivity index (χ4n) is 3.22. The lowest BCUT2D eigenvalue weighted by atomic mass is 10.1. The third-order valence-electron chi connectivity index (χ3n) is 4.46. The summed E-state index contributed by atoms with van der Waals surface area (Å²) in [5.41, 5.74) is 6.56. The molecule has 0 unspecified atom stereocenters. The Kier molecular flexibility index (Phi) is 2.94. The predicted octanol–water partition coefficient (Wildman–Crippen LogP) is 3.56. The summed E-state index contributed by atoms with van der Waals surface area (Å²) in [6, 6.07) is 20.0. The van der Waals surface area contributed by atoms with Crippen molar-refractivity contribution in [1.29, 1.82) is 0 Å². The number of hydrogen-bond acceptors (Lipinski definition) is 3. The van der Waals surface area contributed by atoms with E-state index < -0.39 is 0 Å². The van der Waals surface area contributed by atoms with E-state index in [0.29, 0.717) is 6.42 Å². The summed E-state index contributed by atoms with van der Waals surface area (Å²) in [6.07, 6.45) is 2.24. The Morgan fingerprint density at radius 3 is 2.72 bits per heavy atom. The van der Waals surface area contributed by atoms with Crippen LogP contribution in [-0.2, 0) is 11.2 Å². The SMILES string of the molecule is O=C1Cc2cc(-c3cnc4ccc(-c5ccccc5)nn34)ccc2N1. The second-order valence-corrected chi connectivity index (χ2v) is 6.09. The molecule has 0 atom stereocenters. The van der Waals surface area contributed by atoms with Crippen LogP contribution >= 0.6 is 0 Å². The van der Waals surface area contributed by atoms with Gasteiger partial charge in [0.25, 0.3) is 0 Å². The van der Waals surface area contributed by atoms with Crippen molar-refractivity contribution in [2.24, 2.45) is 0 Å². The fraction of sp³-hybridized carbons (Fsp3) is 0.0500. The Morgan fingerprint density at radius 1 is 0.960 bits per heavy atom. The first-order valence-corrected chi connectivity index (χ1v) is 8.11. The van der Waals surface area contributed by atoms with Gasteiger partial charge in [-0.15, -0.1) is 0 Å². The number of amides is 1. The van der Waals surface area contributed by atoms with Gasteiger partial charge < -0.3 is 5.32 Å². The van der Waals surface area contributed by atoms with Gasteiger partial charge in [-0.3, -0.25) is 4.79 Å². The maximum Gasteiger partial charge on any atom is 0.228 e. The van der Waals surface area contributed by atoms with Crippen LogP contribution in [0.5, 0.6) is 0 Å². The summed E-state index contributed by atoms with van der Waals surface area (Å²) < 4.78 is 1.86. The molecule has 1 aliphatic rings. The molecule has 0 fully saturated rings. The second-order valence-electron chi connectivity index (χ2n) is 6.09. The van der Waals surface area contributed by atoms with Crippen molar-refractivity contribution in [3.8, 4) is 22.5 Å². The molecule has 0 spiro atoms. The number of fused-ring (bicyclic) bond motifs is 2. The highest BCUT2D eigenvalue weighted by molar-refractivity contribution is 5.99. The number of anilines is 1. The molecule has 1 aliphatic heterocycles. The van der Waals surface area contributed by atoms with E-state index in [1.807, 2.05) is 71.4 Å². The molecule has 0 bridgehead atoms. The Hall–Kier alpha value is -3.47. The molecule has 5 heteroatoms. The van der Waals surface area contributed by atoms with E-state index in [0.717, 1.165) is 39.4 Å². The van der Waals surface area contributed by atoms with E-state index in [1.165, 1.54) is 0 Å². The third kappa shape index (κ3) is 2.29. The van der Waals surface area contributed by atoms with Gasteiger partial charge in [0, 0.05) is 16.8 Å². The van der Waals surface area contributed by atoms with Gasteiger partial charge in [0.1, 0.15) is 0 Å². The highest BCUT2D eigenvalue weighted by atomic mass is 16.1. The van der Waals surface area contributed by atoms with Crippen LogP contribution in [-0.4, -0.2) is 20.5 Å². The van der Waals surface area contributed by atoms with Gasteiger partial charge in [-0.1, -0.05) is 36.4 Å². The van der Waals surface area contributed by atoms with Crippen LogP contribution in [0.1, 0.15) is 5.56 Å². The van der Waals surface area contributed by atoms with Crippen LogP contribution in [0.4, 0.5) is 5.69 Å². The molecule has 2 aromatic carbocycles. The number of aromatic nitrogens is 3. The molecule has 0 saturated carbocycles. The summed E-state index contributed by atoms with van der Waals surface area (Å²) in [5, 5.41) is 7.62. The normalized spacial score (nSPS) is 13.0. The zero-order valence-corrected chi connectivity index (χ0v) is 13.3. The standard InChI is InChI=1S/C20H14N4O/c25-20-11-15-10-14(6-7-16(15)22-20)18-12-21-19-9-8-17(23-24(18)19)13-4-2-1-3-5-13/h1-10,12H,11H2,(H,22,25). The van der Waals surface area contributed by atoms with Crippen molar-refractivity contribution in [1.82, 2.24) is 14.6 Å². The topological polar surface area (TPSA) is 59.3 Å². The molecule has 2 aromatic heterocycles. The van der Waals surface area contributed by atoms with Crippen molar-refractivity contribution >= 4 is 17.2 Å². The summed E-state index contributed by atoms with van der Waals surface area (Å²) in [4.78, 5) is 16.0. The largest absolute Gasteiger partial charge is 0.326 e.